The molecule has 2 aromatic rings. The summed E-state index contributed by atoms with van der Waals surface area (Å²) in [6.45, 7) is 3.17. The fourth-order valence-corrected chi connectivity index (χ4v) is 4.13. The van der Waals surface area contributed by atoms with Gasteiger partial charge in [-0.3, -0.25) is 4.79 Å². The van der Waals surface area contributed by atoms with Crippen molar-refractivity contribution < 1.29 is 14.3 Å². The number of carbonyl (C=O) groups excluding carboxylic acids is 1. The number of fused-ring (bicyclic) bond motifs is 1. The molecular formula is C22H25NO3. The van der Waals surface area contributed by atoms with Crippen molar-refractivity contribution >= 4 is 5.91 Å². The Labute approximate surface area is 154 Å². The van der Waals surface area contributed by atoms with Crippen LogP contribution in [0.2, 0.25) is 0 Å². The van der Waals surface area contributed by atoms with E-state index in [1.807, 2.05) is 43.3 Å². The number of amides is 1. The molecule has 0 spiro atoms. The average Bonchev–Trinajstić information content (AvgIpc) is 3.19. The molecule has 1 fully saturated rings. The van der Waals surface area contributed by atoms with Crippen LogP contribution < -0.4 is 14.8 Å². The minimum Gasteiger partial charge on any atom is -0.486 e. The summed E-state index contributed by atoms with van der Waals surface area (Å²) in [6, 6.07) is 16.0. The van der Waals surface area contributed by atoms with Gasteiger partial charge in [0.05, 0.1) is 11.5 Å². The van der Waals surface area contributed by atoms with Gasteiger partial charge in [-0.1, -0.05) is 49.2 Å². The molecule has 1 N–H and O–H groups in total. The third kappa shape index (κ3) is 3.05. The molecule has 1 atom stereocenters. The second-order valence-electron chi connectivity index (χ2n) is 7.25. The summed E-state index contributed by atoms with van der Waals surface area (Å²) < 4.78 is 11.3. The van der Waals surface area contributed by atoms with E-state index < -0.39 is 5.41 Å². The molecule has 4 nitrogen and oxygen atoms in total. The standard InChI is InChI=1S/C22H25NO3/c1-16(17-9-10-19-20(15-17)26-14-13-25-19)23-21(24)22(11-5-6-12-22)18-7-3-2-4-8-18/h2-4,7-10,15-16H,5-6,11-14H2,1H3,(H,23,24). The molecule has 0 bridgehead atoms. The lowest BCUT2D eigenvalue weighted by Crippen LogP contribution is -2.43. The lowest BCUT2D eigenvalue weighted by atomic mass is 9.77. The van der Waals surface area contributed by atoms with E-state index in [0.717, 1.165) is 48.3 Å². The van der Waals surface area contributed by atoms with Crippen LogP contribution >= 0.6 is 0 Å². The van der Waals surface area contributed by atoms with Gasteiger partial charge in [0.15, 0.2) is 11.5 Å². The third-order valence-electron chi connectivity index (χ3n) is 5.63. The van der Waals surface area contributed by atoms with Crippen LogP contribution in [0.4, 0.5) is 0 Å². The SMILES string of the molecule is CC(NC(=O)C1(c2ccccc2)CCCC1)c1ccc2c(c1)OCCO2. The minimum absolute atomic E-state index is 0.0838. The van der Waals surface area contributed by atoms with Crippen molar-refractivity contribution in [1.29, 1.82) is 0 Å². The highest BCUT2D eigenvalue weighted by Gasteiger charge is 2.42. The summed E-state index contributed by atoms with van der Waals surface area (Å²) >= 11 is 0. The normalized spacial score (nSPS) is 19.0. The molecule has 4 rings (SSSR count). The summed E-state index contributed by atoms with van der Waals surface area (Å²) in [5, 5.41) is 3.25. The first kappa shape index (κ1) is 17.0. The summed E-state index contributed by atoms with van der Waals surface area (Å²) in [5.41, 5.74) is 1.76. The number of carbonyl (C=O) groups is 1. The van der Waals surface area contributed by atoms with Gasteiger partial charge in [0, 0.05) is 0 Å². The Morgan fingerprint density at radius 3 is 2.42 bits per heavy atom. The van der Waals surface area contributed by atoms with E-state index in [1.54, 1.807) is 0 Å². The van der Waals surface area contributed by atoms with Crippen molar-refractivity contribution in [2.45, 2.75) is 44.1 Å². The highest BCUT2D eigenvalue weighted by Crippen LogP contribution is 2.42. The Morgan fingerprint density at radius 2 is 1.69 bits per heavy atom. The van der Waals surface area contributed by atoms with Gasteiger partial charge in [0.1, 0.15) is 13.2 Å². The van der Waals surface area contributed by atoms with Gasteiger partial charge in [0.25, 0.3) is 0 Å². The van der Waals surface area contributed by atoms with Crippen LogP contribution in [0, 0.1) is 0 Å². The van der Waals surface area contributed by atoms with E-state index in [9.17, 15) is 4.79 Å². The van der Waals surface area contributed by atoms with E-state index in [-0.39, 0.29) is 11.9 Å². The molecule has 1 unspecified atom stereocenters. The van der Waals surface area contributed by atoms with Gasteiger partial charge in [-0.15, -0.1) is 0 Å². The molecule has 1 heterocycles. The molecule has 0 radical (unpaired) electrons. The Balaban J connectivity index is 1.55. The predicted octanol–water partition coefficient (Wildman–Crippen LogP) is 4.15. The maximum atomic E-state index is 13.3. The number of rotatable bonds is 4. The quantitative estimate of drug-likeness (QED) is 0.900. The lowest BCUT2D eigenvalue weighted by molar-refractivity contribution is -0.127. The first-order valence-corrected chi connectivity index (χ1v) is 9.45. The molecule has 1 aliphatic carbocycles. The van der Waals surface area contributed by atoms with Gasteiger partial charge in [0.2, 0.25) is 5.91 Å². The van der Waals surface area contributed by atoms with Crippen molar-refractivity contribution in [2.24, 2.45) is 0 Å². The molecule has 0 saturated heterocycles. The van der Waals surface area contributed by atoms with E-state index in [1.165, 1.54) is 0 Å². The second kappa shape index (κ2) is 7.02. The molecule has 1 amide bonds. The fourth-order valence-electron chi connectivity index (χ4n) is 4.13. The van der Waals surface area contributed by atoms with Crippen LogP contribution in [0.1, 0.15) is 49.8 Å². The summed E-state index contributed by atoms with van der Waals surface area (Å²) in [5.74, 6) is 1.66. The first-order chi connectivity index (χ1) is 12.7. The van der Waals surface area contributed by atoms with Crippen LogP contribution in [0.5, 0.6) is 11.5 Å². The van der Waals surface area contributed by atoms with E-state index in [2.05, 4.69) is 17.4 Å². The molecule has 26 heavy (non-hydrogen) atoms. The number of benzene rings is 2. The van der Waals surface area contributed by atoms with E-state index in [4.69, 9.17) is 9.47 Å². The fraction of sp³-hybridized carbons (Fsp3) is 0.409. The van der Waals surface area contributed by atoms with Crippen molar-refractivity contribution in [2.75, 3.05) is 13.2 Å². The second-order valence-corrected chi connectivity index (χ2v) is 7.25. The lowest BCUT2D eigenvalue weighted by Gasteiger charge is -2.30. The molecular weight excluding hydrogens is 326 g/mol. The largest absolute Gasteiger partial charge is 0.486 e. The molecule has 136 valence electrons. The van der Waals surface area contributed by atoms with E-state index >= 15 is 0 Å². The number of hydrogen-bond acceptors (Lipinski definition) is 3. The Bertz CT molecular complexity index is 781. The van der Waals surface area contributed by atoms with Gasteiger partial charge in [-0.25, -0.2) is 0 Å². The van der Waals surface area contributed by atoms with Gasteiger partial charge in [-0.2, -0.15) is 0 Å². The van der Waals surface area contributed by atoms with Gasteiger partial charge in [-0.05, 0) is 43.0 Å². The molecule has 1 aliphatic heterocycles. The predicted molar refractivity (Wildman–Crippen MR) is 101 cm³/mol. The van der Waals surface area contributed by atoms with Gasteiger partial charge < -0.3 is 14.8 Å². The molecule has 1 saturated carbocycles. The van der Waals surface area contributed by atoms with Crippen molar-refractivity contribution in [3.63, 3.8) is 0 Å². The molecule has 4 heteroatoms. The molecule has 2 aliphatic rings. The average molecular weight is 351 g/mol. The van der Waals surface area contributed by atoms with Crippen LogP contribution in [-0.4, -0.2) is 19.1 Å². The van der Waals surface area contributed by atoms with E-state index in [0.29, 0.717) is 13.2 Å². The van der Waals surface area contributed by atoms with Crippen molar-refractivity contribution in [1.82, 2.24) is 5.32 Å². The maximum absolute atomic E-state index is 13.3. The highest BCUT2D eigenvalue weighted by molar-refractivity contribution is 5.89. The Hall–Kier alpha value is -2.49. The topological polar surface area (TPSA) is 47.6 Å². The number of nitrogens with one attached hydrogen (secondary N) is 1. The zero-order chi connectivity index (χ0) is 18.0. The Morgan fingerprint density at radius 1 is 1.00 bits per heavy atom. The van der Waals surface area contributed by atoms with Crippen molar-refractivity contribution in [3.05, 3.63) is 59.7 Å². The summed E-state index contributed by atoms with van der Waals surface area (Å²) in [7, 11) is 0. The van der Waals surface area contributed by atoms with Crippen molar-refractivity contribution in [3.8, 4) is 11.5 Å². The minimum atomic E-state index is -0.399. The van der Waals surface area contributed by atoms with Crippen LogP contribution in [0.25, 0.3) is 0 Å². The zero-order valence-electron chi connectivity index (χ0n) is 15.2. The van der Waals surface area contributed by atoms with Crippen LogP contribution in [0.3, 0.4) is 0 Å². The summed E-state index contributed by atoms with van der Waals surface area (Å²) in [4.78, 5) is 13.3. The highest BCUT2D eigenvalue weighted by atomic mass is 16.6. The molecule has 2 aromatic carbocycles. The number of ether oxygens (including phenoxy) is 2. The smallest absolute Gasteiger partial charge is 0.231 e. The monoisotopic (exact) mass is 351 g/mol. The molecule has 0 aromatic heterocycles. The van der Waals surface area contributed by atoms with Crippen LogP contribution in [0.15, 0.2) is 48.5 Å². The Kier molecular flexibility index (Phi) is 4.58. The first-order valence-electron chi connectivity index (χ1n) is 9.45. The third-order valence-corrected chi connectivity index (χ3v) is 5.63. The zero-order valence-corrected chi connectivity index (χ0v) is 15.2. The maximum Gasteiger partial charge on any atom is 0.231 e. The number of hydrogen-bond donors (Lipinski definition) is 1. The van der Waals surface area contributed by atoms with Gasteiger partial charge >= 0.3 is 0 Å². The van der Waals surface area contributed by atoms with Crippen LogP contribution in [-0.2, 0) is 10.2 Å². The summed E-state index contributed by atoms with van der Waals surface area (Å²) in [6.07, 6.45) is 4.02.